The summed E-state index contributed by atoms with van der Waals surface area (Å²) in [7, 11) is 0. The Bertz CT molecular complexity index is 242. The van der Waals surface area contributed by atoms with Gasteiger partial charge >= 0.3 is 0 Å². The first-order valence-corrected chi connectivity index (χ1v) is 6.77. The van der Waals surface area contributed by atoms with Gasteiger partial charge in [-0.25, -0.2) is 0 Å². The predicted molar refractivity (Wildman–Crippen MR) is 72.4 cm³/mol. The minimum Gasteiger partial charge on any atom is -0.353 e. The van der Waals surface area contributed by atoms with Gasteiger partial charge in [-0.2, -0.15) is 0 Å². The van der Waals surface area contributed by atoms with Gasteiger partial charge in [0.15, 0.2) is 0 Å². The second kappa shape index (κ2) is 7.22. The topological polar surface area (TPSA) is 41.1 Å². The minimum absolute atomic E-state index is 0. The predicted octanol–water partition coefficient (Wildman–Crippen LogP) is 2.10. The van der Waals surface area contributed by atoms with Gasteiger partial charge in [0, 0.05) is 12.6 Å². The average molecular weight is 261 g/mol. The third-order valence-corrected chi connectivity index (χ3v) is 4.03. The summed E-state index contributed by atoms with van der Waals surface area (Å²) in [5, 5.41) is 6.49. The van der Waals surface area contributed by atoms with Crippen LogP contribution in [0.2, 0.25) is 0 Å². The van der Waals surface area contributed by atoms with Crippen molar-refractivity contribution in [2.45, 2.75) is 51.5 Å². The molecule has 3 nitrogen and oxygen atoms in total. The molecule has 1 aliphatic carbocycles. The van der Waals surface area contributed by atoms with E-state index >= 15 is 0 Å². The van der Waals surface area contributed by atoms with E-state index in [0.29, 0.717) is 6.04 Å². The monoisotopic (exact) mass is 260 g/mol. The molecule has 4 heteroatoms. The molecule has 1 heterocycles. The van der Waals surface area contributed by atoms with Crippen LogP contribution in [0.1, 0.15) is 45.4 Å². The first-order chi connectivity index (χ1) is 7.75. The standard InChI is InChI=1S/C13H24N2O.ClH/c1-10-3-2-4-12(6-5-10)15-13(16)11-7-8-14-9-11;/h10-12,14H,2-9H2,1H3,(H,15,16);1H. The third-order valence-electron chi connectivity index (χ3n) is 4.03. The van der Waals surface area contributed by atoms with Crippen molar-refractivity contribution in [3.63, 3.8) is 0 Å². The lowest BCUT2D eigenvalue weighted by Gasteiger charge is -2.18. The lowest BCUT2D eigenvalue weighted by Crippen LogP contribution is -2.39. The largest absolute Gasteiger partial charge is 0.353 e. The molecular formula is C13H25ClN2O. The van der Waals surface area contributed by atoms with E-state index in [1.165, 1.54) is 32.1 Å². The first-order valence-electron chi connectivity index (χ1n) is 6.77. The fraction of sp³-hybridized carbons (Fsp3) is 0.923. The van der Waals surface area contributed by atoms with Crippen molar-refractivity contribution in [1.82, 2.24) is 10.6 Å². The van der Waals surface area contributed by atoms with Gasteiger partial charge in [-0.05, 0) is 38.1 Å². The van der Waals surface area contributed by atoms with Crippen LogP contribution in [0.25, 0.3) is 0 Å². The van der Waals surface area contributed by atoms with Crippen molar-refractivity contribution in [1.29, 1.82) is 0 Å². The maximum absolute atomic E-state index is 12.0. The molecule has 0 bridgehead atoms. The molecule has 0 radical (unpaired) electrons. The number of hydrogen-bond donors (Lipinski definition) is 2. The minimum atomic E-state index is 0. The van der Waals surface area contributed by atoms with Gasteiger partial charge in [-0.15, -0.1) is 12.4 Å². The number of rotatable bonds is 2. The fourth-order valence-electron chi connectivity index (χ4n) is 2.83. The van der Waals surface area contributed by atoms with Gasteiger partial charge < -0.3 is 10.6 Å². The van der Waals surface area contributed by atoms with Crippen molar-refractivity contribution in [3.05, 3.63) is 0 Å². The molecular weight excluding hydrogens is 236 g/mol. The van der Waals surface area contributed by atoms with Gasteiger partial charge in [0.2, 0.25) is 5.91 Å². The van der Waals surface area contributed by atoms with E-state index in [4.69, 9.17) is 0 Å². The van der Waals surface area contributed by atoms with Crippen molar-refractivity contribution in [2.75, 3.05) is 13.1 Å². The molecule has 1 saturated carbocycles. The maximum atomic E-state index is 12.0. The van der Waals surface area contributed by atoms with Gasteiger partial charge in [-0.1, -0.05) is 19.8 Å². The quantitative estimate of drug-likeness (QED) is 0.747. The van der Waals surface area contributed by atoms with Crippen LogP contribution in [0.4, 0.5) is 0 Å². The van der Waals surface area contributed by atoms with Gasteiger partial charge in [0.1, 0.15) is 0 Å². The maximum Gasteiger partial charge on any atom is 0.224 e. The fourth-order valence-corrected chi connectivity index (χ4v) is 2.83. The molecule has 2 N–H and O–H groups in total. The zero-order valence-corrected chi connectivity index (χ0v) is 11.5. The SMILES string of the molecule is CC1CCCC(NC(=O)C2CCNC2)CC1.Cl. The Balaban J connectivity index is 0.00000144. The number of amides is 1. The summed E-state index contributed by atoms with van der Waals surface area (Å²) in [5.41, 5.74) is 0. The van der Waals surface area contributed by atoms with Crippen LogP contribution in [0.15, 0.2) is 0 Å². The van der Waals surface area contributed by atoms with Crippen molar-refractivity contribution >= 4 is 18.3 Å². The Hall–Kier alpha value is -0.280. The number of halogens is 1. The average Bonchev–Trinajstić information content (AvgIpc) is 2.72. The normalized spacial score (nSPS) is 33.6. The summed E-state index contributed by atoms with van der Waals surface area (Å²) in [6, 6.07) is 0.443. The summed E-state index contributed by atoms with van der Waals surface area (Å²) in [4.78, 5) is 12.0. The summed E-state index contributed by atoms with van der Waals surface area (Å²) in [6.45, 7) is 4.19. The molecule has 1 aliphatic heterocycles. The van der Waals surface area contributed by atoms with Gasteiger partial charge in [-0.3, -0.25) is 4.79 Å². The van der Waals surface area contributed by atoms with Crippen molar-refractivity contribution in [2.24, 2.45) is 11.8 Å². The molecule has 1 amide bonds. The smallest absolute Gasteiger partial charge is 0.224 e. The summed E-state index contributed by atoms with van der Waals surface area (Å²) >= 11 is 0. The van der Waals surface area contributed by atoms with Crippen LogP contribution in [0.3, 0.4) is 0 Å². The Morgan fingerprint density at radius 3 is 2.71 bits per heavy atom. The zero-order valence-electron chi connectivity index (χ0n) is 10.7. The van der Waals surface area contributed by atoms with Crippen LogP contribution in [0, 0.1) is 11.8 Å². The molecule has 1 saturated heterocycles. The highest BCUT2D eigenvalue weighted by atomic mass is 35.5. The van der Waals surface area contributed by atoms with Crippen LogP contribution < -0.4 is 10.6 Å². The molecule has 0 aromatic carbocycles. The molecule has 0 spiro atoms. The summed E-state index contributed by atoms with van der Waals surface area (Å²) in [6.07, 6.45) is 7.23. The first kappa shape index (κ1) is 14.8. The molecule has 0 aromatic rings. The van der Waals surface area contributed by atoms with E-state index in [9.17, 15) is 4.79 Å². The van der Waals surface area contributed by atoms with Gasteiger partial charge in [0.05, 0.1) is 5.92 Å². The lowest BCUT2D eigenvalue weighted by molar-refractivity contribution is -0.125. The molecule has 17 heavy (non-hydrogen) atoms. The lowest BCUT2D eigenvalue weighted by atomic mass is 10.0. The molecule has 2 aliphatic rings. The summed E-state index contributed by atoms with van der Waals surface area (Å²) in [5.74, 6) is 1.35. The van der Waals surface area contributed by atoms with E-state index < -0.39 is 0 Å². The molecule has 2 fully saturated rings. The number of nitrogens with one attached hydrogen (secondary N) is 2. The second-order valence-electron chi connectivity index (χ2n) is 5.51. The van der Waals surface area contributed by atoms with E-state index in [2.05, 4.69) is 17.6 Å². The third kappa shape index (κ3) is 4.47. The number of hydrogen-bond acceptors (Lipinski definition) is 2. The van der Waals surface area contributed by atoms with Crippen LogP contribution in [-0.2, 0) is 4.79 Å². The van der Waals surface area contributed by atoms with Crippen molar-refractivity contribution < 1.29 is 4.79 Å². The highest BCUT2D eigenvalue weighted by Gasteiger charge is 2.25. The van der Waals surface area contributed by atoms with Crippen molar-refractivity contribution in [3.8, 4) is 0 Å². The van der Waals surface area contributed by atoms with Crippen LogP contribution >= 0.6 is 12.4 Å². The Morgan fingerprint density at radius 2 is 2.00 bits per heavy atom. The second-order valence-corrected chi connectivity index (χ2v) is 5.51. The van der Waals surface area contributed by atoms with Gasteiger partial charge in [0.25, 0.3) is 0 Å². The van der Waals surface area contributed by atoms with E-state index in [1.807, 2.05) is 0 Å². The Labute approximate surface area is 111 Å². The molecule has 3 unspecified atom stereocenters. The Kier molecular flexibility index (Phi) is 6.28. The molecule has 100 valence electrons. The highest BCUT2D eigenvalue weighted by Crippen LogP contribution is 2.23. The number of carbonyl (C=O) groups excluding carboxylic acids is 1. The number of carbonyl (C=O) groups is 1. The molecule has 0 aromatic heterocycles. The van der Waals surface area contributed by atoms with Crippen LogP contribution in [0.5, 0.6) is 0 Å². The van der Waals surface area contributed by atoms with Crippen LogP contribution in [-0.4, -0.2) is 25.0 Å². The highest BCUT2D eigenvalue weighted by molar-refractivity contribution is 5.85. The molecule has 2 rings (SSSR count). The zero-order chi connectivity index (χ0) is 11.4. The van der Waals surface area contributed by atoms with E-state index in [0.717, 1.165) is 25.4 Å². The Morgan fingerprint density at radius 1 is 1.18 bits per heavy atom. The molecule has 3 atom stereocenters. The van der Waals surface area contributed by atoms with E-state index in [-0.39, 0.29) is 24.2 Å². The van der Waals surface area contributed by atoms with E-state index in [1.54, 1.807) is 0 Å². The summed E-state index contributed by atoms with van der Waals surface area (Å²) < 4.78 is 0.